The average Bonchev–Trinajstić information content (AvgIpc) is 2.22. The summed E-state index contributed by atoms with van der Waals surface area (Å²) in [7, 11) is 0. The summed E-state index contributed by atoms with van der Waals surface area (Å²) in [6.07, 6.45) is 1.66. The molecule has 1 aliphatic rings. The van der Waals surface area contributed by atoms with Crippen LogP contribution in [0.15, 0.2) is 18.4 Å². The normalized spacial score (nSPS) is 25.7. The van der Waals surface area contributed by atoms with E-state index in [9.17, 15) is 0 Å². The molecule has 0 spiro atoms. The van der Waals surface area contributed by atoms with E-state index in [0.717, 1.165) is 0 Å². The van der Waals surface area contributed by atoms with Crippen LogP contribution in [0.1, 0.15) is 0 Å². The zero-order chi connectivity index (χ0) is 10.8. The SMILES string of the molecule is C=C=CC1COCCOCCOCCO1. The molecule has 0 aromatic carbocycles. The molecule has 1 fully saturated rings. The molecular weight excluding hydrogens is 196 g/mol. The summed E-state index contributed by atoms with van der Waals surface area (Å²) in [6, 6.07) is 0. The van der Waals surface area contributed by atoms with Crippen LogP contribution < -0.4 is 0 Å². The van der Waals surface area contributed by atoms with E-state index < -0.39 is 0 Å². The van der Waals surface area contributed by atoms with Crippen molar-refractivity contribution in [2.75, 3.05) is 46.2 Å². The third kappa shape index (κ3) is 6.44. The van der Waals surface area contributed by atoms with Gasteiger partial charge in [-0.25, -0.2) is 0 Å². The van der Waals surface area contributed by atoms with E-state index in [0.29, 0.717) is 46.2 Å². The van der Waals surface area contributed by atoms with Gasteiger partial charge in [0, 0.05) is 0 Å². The van der Waals surface area contributed by atoms with Crippen molar-refractivity contribution in [1.82, 2.24) is 0 Å². The number of ether oxygens (including phenoxy) is 4. The van der Waals surface area contributed by atoms with Gasteiger partial charge >= 0.3 is 0 Å². The first-order chi connectivity index (χ1) is 7.43. The predicted molar refractivity (Wildman–Crippen MR) is 55.9 cm³/mol. The molecule has 1 atom stereocenters. The van der Waals surface area contributed by atoms with Gasteiger partial charge in [0.05, 0.1) is 46.2 Å². The molecule has 4 nitrogen and oxygen atoms in total. The third-order valence-electron chi connectivity index (χ3n) is 1.89. The molecule has 4 heteroatoms. The number of hydrogen-bond donors (Lipinski definition) is 0. The van der Waals surface area contributed by atoms with Gasteiger partial charge < -0.3 is 18.9 Å². The van der Waals surface area contributed by atoms with Gasteiger partial charge in [-0.05, 0) is 6.08 Å². The van der Waals surface area contributed by atoms with Crippen LogP contribution in [0.5, 0.6) is 0 Å². The Labute approximate surface area is 90.5 Å². The fourth-order valence-corrected chi connectivity index (χ4v) is 1.17. The van der Waals surface area contributed by atoms with Crippen molar-refractivity contribution < 1.29 is 18.9 Å². The lowest BCUT2D eigenvalue weighted by atomic mass is 10.3. The number of hydrogen-bond acceptors (Lipinski definition) is 4. The highest BCUT2D eigenvalue weighted by Gasteiger charge is 2.06. The van der Waals surface area contributed by atoms with Gasteiger partial charge in [-0.15, -0.1) is 5.73 Å². The molecule has 1 saturated heterocycles. The second-order valence-corrected chi connectivity index (χ2v) is 3.08. The Morgan fingerprint density at radius 2 is 1.53 bits per heavy atom. The van der Waals surface area contributed by atoms with Gasteiger partial charge in [-0.3, -0.25) is 0 Å². The van der Waals surface area contributed by atoms with Crippen molar-refractivity contribution in [3.05, 3.63) is 18.4 Å². The first-order valence-corrected chi connectivity index (χ1v) is 5.14. The molecule has 86 valence electrons. The molecule has 1 unspecified atom stereocenters. The van der Waals surface area contributed by atoms with Crippen LogP contribution in [0.2, 0.25) is 0 Å². The third-order valence-corrected chi connectivity index (χ3v) is 1.89. The van der Waals surface area contributed by atoms with Crippen LogP contribution in [0.4, 0.5) is 0 Å². The van der Waals surface area contributed by atoms with E-state index in [4.69, 9.17) is 18.9 Å². The monoisotopic (exact) mass is 214 g/mol. The van der Waals surface area contributed by atoms with E-state index in [1.165, 1.54) is 0 Å². The van der Waals surface area contributed by atoms with E-state index >= 15 is 0 Å². The Morgan fingerprint density at radius 1 is 0.933 bits per heavy atom. The first kappa shape index (κ1) is 12.4. The summed E-state index contributed by atoms with van der Waals surface area (Å²) in [5.41, 5.74) is 2.70. The van der Waals surface area contributed by atoms with Crippen LogP contribution in [0.25, 0.3) is 0 Å². The van der Waals surface area contributed by atoms with E-state index in [2.05, 4.69) is 12.3 Å². The summed E-state index contributed by atoms with van der Waals surface area (Å²) in [4.78, 5) is 0. The van der Waals surface area contributed by atoms with Crippen molar-refractivity contribution in [3.8, 4) is 0 Å². The topological polar surface area (TPSA) is 36.9 Å². The summed E-state index contributed by atoms with van der Waals surface area (Å²) in [6.45, 7) is 7.52. The molecule has 0 amide bonds. The lowest BCUT2D eigenvalue weighted by Crippen LogP contribution is -2.23. The Kier molecular flexibility index (Phi) is 7.17. The van der Waals surface area contributed by atoms with Crippen molar-refractivity contribution >= 4 is 0 Å². The Bertz CT molecular complexity index is 187. The van der Waals surface area contributed by atoms with Crippen LogP contribution in [0.3, 0.4) is 0 Å². The van der Waals surface area contributed by atoms with Gasteiger partial charge in [0.25, 0.3) is 0 Å². The zero-order valence-electron chi connectivity index (χ0n) is 8.94. The maximum Gasteiger partial charge on any atom is 0.106 e. The lowest BCUT2D eigenvalue weighted by molar-refractivity contribution is -0.0526. The Balaban J connectivity index is 2.28. The molecule has 1 aliphatic heterocycles. The van der Waals surface area contributed by atoms with E-state index in [1.807, 2.05) is 0 Å². The smallest absolute Gasteiger partial charge is 0.106 e. The van der Waals surface area contributed by atoms with Crippen molar-refractivity contribution in [2.24, 2.45) is 0 Å². The van der Waals surface area contributed by atoms with Gasteiger partial charge in [0.1, 0.15) is 6.10 Å². The molecule has 0 bridgehead atoms. The second kappa shape index (κ2) is 8.65. The van der Waals surface area contributed by atoms with Crippen molar-refractivity contribution in [2.45, 2.75) is 6.10 Å². The Hall–Kier alpha value is -0.640. The van der Waals surface area contributed by atoms with Crippen molar-refractivity contribution in [3.63, 3.8) is 0 Å². The van der Waals surface area contributed by atoms with E-state index in [-0.39, 0.29) is 6.10 Å². The molecular formula is C11H18O4. The molecule has 1 heterocycles. The summed E-state index contributed by atoms with van der Waals surface area (Å²) in [5, 5.41) is 0. The number of rotatable bonds is 1. The van der Waals surface area contributed by atoms with Crippen LogP contribution in [-0.2, 0) is 18.9 Å². The molecule has 0 aromatic rings. The molecule has 0 aromatic heterocycles. The summed E-state index contributed by atoms with van der Waals surface area (Å²) in [5.74, 6) is 0. The van der Waals surface area contributed by atoms with Gasteiger partial charge in [-0.2, -0.15) is 0 Å². The van der Waals surface area contributed by atoms with Crippen LogP contribution in [0, 0.1) is 0 Å². The largest absolute Gasteiger partial charge is 0.377 e. The van der Waals surface area contributed by atoms with Gasteiger partial charge in [-0.1, -0.05) is 6.58 Å². The van der Waals surface area contributed by atoms with Crippen LogP contribution in [-0.4, -0.2) is 52.4 Å². The molecule has 0 radical (unpaired) electrons. The quantitative estimate of drug-likeness (QED) is 0.604. The van der Waals surface area contributed by atoms with E-state index in [1.54, 1.807) is 6.08 Å². The highest BCUT2D eigenvalue weighted by Crippen LogP contribution is 1.97. The first-order valence-electron chi connectivity index (χ1n) is 5.14. The minimum absolute atomic E-state index is 0.0921. The molecule has 0 N–H and O–H groups in total. The van der Waals surface area contributed by atoms with Crippen LogP contribution >= 0.6 is 0 Å². The Morgan fingerprint density at radius 3 is 2.20 bits per heavy atom. The predicted octanol–water partition coefficient (Wildman–Crippen LogP) is 0.776. The minimum Gasteiger partial charge on any atom is -0.377 e. The molecule has 0 aliphatic carbocycles. The van der Waals surface area contributed by atoms with Crippen molar-refractivity contribution in [1.29, 1.82) is 0 Å². The summed E-state index contributed by atoms with van der Waals surface area (Å²) < 4.78 is 21.5. The molecule has 0 saturated carbocycles. The fourth-order valence-electron chi connectivity index (χ4n) is 1.17. The van der Waals surface area contributed by atoms with Gasteiger partial charge in [0.15, 0.2) is 0 Å². The standard InChI is InChI=1S/C11H18O4/c1-2-3-11-10-14-7-6-12-4-5-13-8-9-15-11/h3,11H,1,4-10H2. The highest BCUT2D eigenvalue weighted by molar-refractivity contribution is 4.85. The highest BCUT2D eigenvalue weighted by atomic mass is 16.6. The summed E-state index contributed by atoms with van der Waals surface area (Å²) >= 11 is 0. The maximum absolute atomic E-state index is 5.51. The average molecular weight is 214 g/mol. The zero-order valence-corrected chi connectivity index (χ0v) is 8.94. The molecule has 15 heavy (non-hydrogen) atoms. The fraction of sp³-hybridized carbons (Fsp3) is 0.727. The minimum atomic E-state index is -0.0921. The van der Waals surface area contributed by atoms with Gasteiger partial charge in [0.2, 0.25) is 0 Å². The molecule has 1 rings (SSSR count). The maximum atomic E-state index is 5.51. The lowest BCUT2D eigenvalue weighted by Gasteiger charge is -2.15. The second-order valence-electron chi connectivity index (χ2n) is 3.08.